The molecule has 0 atom stereocenters. The van der Waals surface area contributed by atoms with Crippen molar-refractivity contribution < 1.29 is 4.79 Å². The Morgan fingerprint density at radius 2 is 2.05 bits per heavy atom. The third kappa shape index (κ3) is 4.95. The Morgan fingerprint density at radius 1 is 1.33 bits per heavy atom. The molecule has 4 nitrogen and oxygen atoms in total. The van der Waals surface area contributed by atoms with Gasteiger partial charge in [0.25, 0.3) is 0 Å². The average molecular weight is 303 g/mol. The lowest BCUT2D eigenvalue weighted by molar-refractivity contribution is -0.121. The van der Waals surface area contributed by atoms with E-state index in [9.17, 15) is 4.79 Å². The molecule has 0 saturated carbocycles. The van der Waals surface area contributed by atoms with Crippen LogP contribution in [0.5, 0.6) is 0 Å². The second kappa shape index (κ2) is 6.83. The summed E-state index contributed by atoms with van der Waals surface area (Å²) < 4.78 is 0. The van der Waals surface area contributed by atoms with Crippen LogP contribution in [0.4, 0.5) is 0 Å². The number of carbonyl (C=O) groups is 1. The summed E-state index contributed by atoms with van der Waals surface area (Å²) in [6.07, 6.45) is 1.11. The van der Waals surface area contributed by atoms with E-state index >= 15 is 0 Å². The van der Waals surface area contributed by atoms with E-state index in [0.29, 0.717) is 13.0 Å². The molecule has 0 bridgehead atoms. The van der Waals surface area contributed by atoms with Crippen molar-refractivity contribution in [3.63, 3.8) is 0 Å². The molecule has 0 unspecified atom stereocenters. The van der Waals surface area contributed by atoms with Crippen LogP contribution < -0.4 is 11.1 Å². The Morgan fingerprint density at radius 3 is 2.71 bits per heavy atom. The van der Waals surface area contributed by atoms with Gasteiger partial charge < -0.3 is 11.1 Å². The van der Waals surface area contributed by atoms with Crippen LogP contribution in [-0.4, -0.2) is 23.0 Å². The molecule has 21 heavy (non-hydrogen) atoms. The summed E-state index contributed by atoms with van der Waals surface area (Å²) in [5, 5.41) is 5.90. The number of benzene rings is 1. The van der Waals surface area contributed by atoms with Gasteiger partial charge >= 0.3 is 0 Å². The fourth-order valence-corrected chi connectivity index (χ4v) is 2.75. The molecule has 0 aliphatic carbocycles. The van der Waals surface area contributed by atoms with Gasteiger partial charge in [0.15, 0.2) is 0 Å². The highest BCUT2D eigenvalue weighted by molar-refractivity contribution is 7.09. The van der Waals surface area contributed by atoms with Crippen LogP contribution in [0.25, 0.3) is 0 Å². The monoisotopic (exact) mass is 303 g/mol. The number of amides is 1. The smallest absolute Gasteiger partial charge is 0.226 e. The summed E-state index contributed by atoms with van der Waals surface area (Å²) in [7, 11) is 0. The summed E-state index contributed by atoms with van der Waals surface area (Å²) in [5.74, 6) is -0.0398. The lowest BCUT2D eigenvalue weighted by Gasteiger charge is -2.23. The van der Waals surface area contributed by atoms with Crippen LogP contribution >= 0.6 is 11.3 Å². The molecule has 3 N–H and O–H groups in total. The van der Waals surface area contributed by atoms with E-state index < -0.39 is 0 Å². The molecule has 1 aromatic carbocycles. The predicted molar refractivity (Wildman–Crippen MR) is 86.3 cm³/mol. The summed E-state index contributed by atoms with van der Waals surface area (Å²) in [6.45, 7) is 4.23. The average Bonchev–Trinajstić information content (AvgIpc) is 2.86. The van der Waals surface area contributed by atoms with Crippen LogP contribution in [0, 0.1) is 0 Å². The van der Waals surface area contributed by atoms with Gasteiger partial charge in [0.2, 0.25) is 5.91 Å². The minimum atomic E-state index is -0.375. The zero-order chi connectivity index (χ0) is 15.3. The second-order valence-electron chi connectivity index (χ2n) is 5.71. The lowest BCUT2D eigenvalue weighted by atomic mass is 10.1. The van der Waals surface area contributed by atoms with Crippen molar-refractivity contribution in [2.24, 2.45) is 5.73 Å². The van der Waals surface area contributed by atoms with Crippen LogP contribution in [0.2, 0.25) is 0 Å². The summed E-state index contributed by atoms with van der Waals surface area (Å²) in [5.41, 5.74) is 7.28. The topological polar surface area (TPSA) is 68.0 Å². The van der Waals surface area contributed by atoms with Gasteiger partial charge in [0.1, 0.15) is 0 Å². The molecular weight excluding hydrogens is 282 g/mol. The quantitative estimate of drug-likeness (QED) is 0.859. The molecule has 112 valence electrons. The van der Waals surface area contributed by atoms with Crippen molar-refractivity contribution in [2.75, 3.05) is 6.54 Å². The maximum atomic E-state index is 12.0. The molecule has 1 aromatic heterocycles. The van der Waals surface area contributed by atoms with Crippen LogP contribution in [0.3, 0.4) is 0 Å². The van der Waals surface area contributed by atoms with Crippen molar-refractivity contribution in [3.8, 4) is 0 Å². The molecule has 0 saturated heterocycles. The second-order valence-corrected chi connectivity index (χ2v) is 6.65. The van der Waals surface area contributed by atoms with Gasteiger partial charge in [-0.25, -0.2) is 4.98 Å². The minimum absolute atomic E-state index is 0.0398. The van der Waals surface area contributed by atoms with Gasteiger partial charge in [-0.15, -0.1) is 11.3 Å². The van der Waals surface area contributed by atoms with Crippen molar-refractivity contribution in [1.82, 2.24) is 10.3 Å². The Labute approximate surface area is 129 Å². The Balaban J connectivity index is 1.93. The van der Waals surface area contributed by atoms with E-state index in [1.165, 1.54) is 5.56 Å². The van der Waals surface area contributed by atoms with Crippen LogP contribution in [-0.2, 0) is 17.6 Å². The number of aromatic nitrogens is 1. The van der Waals surface area contributed by atoms with E-state index in [1.54, 1.807) is 11.3 Å². The van der Waals surface area contributed by atoms with Gasteiger partial charge in [-0.3, -0.25) is 4.79 Å². The maximum absolute atomic E-state index is 12.0. The number of hydrogen-bond donors (Lipinski definition) is 2. The summed E-state index contributed by atoms with van der Waals surface area (Å²) >= 11 is 1.59. The van der Waals surface area contributed by atoms with Gasteiger partial charge in [0, 0.05) is 23.9 Å². The Bertz CT molecular complexity index is 593. The number of hydrogen-bond acceptors (Lipinski definition) is 4. The largest absolute Gasteiger partial charge is 0.350 e. The number of rotatable bonds is 6. The van der Waals surface area contributed by atoms with Crippen LogP contribution in [0.15, 0.2) is 35.7 Å². The molecule has 0 radical (unpaired) electrons. The van der Waals surface area contributed by atoms with E-state index in [1.807, 2.05) is 37.4 Å². The zero-order valence-electron chi connectivity index (χ0n) is 12.4. The first kappa shape index (κ1) is 15.7. The van der Waals surface area contributed by atoms with Crippen molar-refractivity contribution >= 4 is 17.2 Å². The van der Waals surface area contributed by atoms with Gasteiger partial charge in [-0.05, 0) is 19.4 Å². The summed E-state index contributed by atoms with van der Waals surface area (Å²) in [4.78, 5) is 16.5. The fraction of sp³-hybridized carbons (Fsp3) is 0.375. The Hall–Kier alpha value is -1.72. The van der Waals surface area contributed by atoms with Crippen molar-refractivity contribution in [2.45, 2.75) is 32.2 Å². The van der Waals surface area contributed by atoms with Gasteiger partial charge in [0.05, 0.1) is 17.1 Å². The number of thiazole rings is 1. The molecule has 1 amide bonds. The highest BCUT2D eigenvalue weighted by Crippen LogP contribution is 2.15. The van der Waals surface area contributed by atoms with E-state index in [4.69, 9.17) is 5.73 Å². The zero-order valence-corrected chi connectivity index (χ0v) is 13.2. The number of nitrogens with one attached hydrogen (secondary N) is 1. The highest BCUT2D eigenvalue weighted by Gasteiger charge is 2.18. The molecule has 0 spiro atoms. The van der Waals surface area contributed by atoms with E-state index in [2.05, 4.69) is 22.4 Å². The fourth-order valence-electron chi connectivity index (χ4n) is 1.92. The molecule has 2 aromatic rings. The predicted octanol–water partition coefficient (Wildman–Crippen LogP) is 2.13. The molecule has 0 aliphatic rings. The Kier molecular flexibility index (Phi) is 5.09. The maximum Gasteiger partial charge on any atom is 0.226 e. The minimum Gasteiger partial charge on any atom is -0.350 e. The number of nitrogens with zero attached hydrogens (tertiary/aromatic N) is 1. The van der Waals surface area contributed by atoms with E-state index in [-0.39, 0.29) is 11.4 Å². The normalized spacial score (nSPS) is 11.4. The van der Waals surface area contributed by atoms with Crippen molar-refractivity contribution in [1.29, 1.82) is 0 Å². The molecule has 5 heteroatoms. The highest BCUT2D eigenvalue weighted by atomic mass is 32.1. The lowest BCUT2D eigenvalue weighted by Crippen LogP contribution is -2.49. The standard InChI is InChI=1S/C16H21N3OS/c1-16(2,11-17)19-14(20)9-13-10-21-15(18-13)8-12-6-4-3-5-7-12/h3-7,10H,8-9,11,17H2,1-2H3,(H,19,20). The third-order valence-corrected chi connectivity index (χ3v) is 4.02. The van der Waals surface area contributed by atoms with E-state index in [0.717, 1.165) is 17.1 Å². The molecule has 2 rings (SSSR count). The number of nitrogens with two attached hydrogens (primary N) is 1. The first-order valence-electron chi connectivity index (χ1n) is 6.97. The SMILES string of the molecule is CC(C)(CN)NC(=O)Cc1csc(Cc2ccccc2)n1. The van der Waals surface area contributed by atoms with Crippen molar-refractivity contribution in [3.05, 3.63) is 52.0 Å². The molecular formula is C16H21N3OS. The molecule has 0 aliphatic heterocycles. The molecule has 0 fully saturated rings. The number of carbonyl (C=O) groups excluding carboxylic acids is 1. The van der Waals surface area contributed by atoms with Gasteiger partial charge in [-0.2, -0.15) is 0 Å². The van der Waals surface area contributed by atoms with Crippen LogP contribution in [0.1, 0.15) is 30.1 Å². The molecule has 1 heterocycles. The van der Waals surface area contributed by atoms with Gasteiger partial charge in [-0.1, -0.05) is 30.3 Å². The first-order valence-corrected chi connectivity index (χ1v) is 7.85. The third-order valence-electron chi connectivity index (χ3n) is 3.13. The first-order chi connectivity index (χ1) is 9.98. The summed E-state index contributed by atoms with van der Waals surface area (Å²) in [6, 6.07) is 10.2.